The third-order valence-electron chi connectivity index (χ3n) is 3.71. The second-order valence-electron chi connectivity index (χ2n) is 5.30. The molecule has 0 atom stereocenters. The molecule has 0 bridgehead atoms. The van der Waals surface area contributed by atoms with Crippen LogP contribution in [0.2, 0.25) is 0 Å². The van der Waals surface area contributed by atoms with Gasteiger partial charge in [-0.15, -0.1) is 11.8 Å². The normalized spacial score (nSPS) is 10.6. The summed E-state index contributed by atoms with van der Waals surface area (Å²) in [5.41, 5.74) is 2.13. The van der Waals surface area contributed by atoms with Gasteiger partial charge in [0, 0.05) is 11.8 Å². The fourth-order valence-electron chi connectivity index (χ4n) is 2.48. The van der Waals surface area contributed by atoms with E-state index in [2.05, 4.69) is 22.3 Å². The van der Waals surface area contributed by atoms with E-state index in [1.807, 2.05) is 41.0 Å². The molecular formula is C18H19N3O2S2. The summed E-state index contributed by atoms with van der Waals surface area (Å²) in [6.45, 7) is 0. The van der Waals surface area contributed by atoms with Gasteiger partial charge in [0.15, 0.2) is 4.77 Å². The summed E-state index contributed by atoms with van der Waals surface area (Å²) in [6.07, 6.45) is 0. The van der Waals surface area contributed by atoms with Crippen LogP contribution in [0.15, 0.2) is 48.5 Å². The average molecular weight is 374 g/mol. The maximum atomic E-state index is 5.50. The Kier molecular flexibility index (Phi) is 5.78. The summed E-state index contributed by atoms with van der Waals surface area (Å²) >= 11 is 7.20. The van der Waals surface area contributed by atoms with E-state index < -0.39 is 0 Å². The van der Waals surface area contributed by atoms with E-state index in [0.717, 1.165) is 28.8 Å². The number of methoxy groups -OCH3 is 2. The minimum absolute atomic E-state index is 0.541. The number of benzene rings is 2. The Labute approximate surface area is 156 Å². The molecule has 25 heavy (non-hydrogen) atoms. The number of nitrogens with one attached hydrogen (secondary N) is 1. The Bertz CT molecular complexity index is 891. The van der Waals surface area contributed by atoms with Crippen molar-refractivity contribution in [2.75, 3.05) is 14.2 Å². The topological polar surface area (TPSA) is 52.1 Å². The Morgan fingerprint density at radius 1 is 1.08 bits per heavy atom. The van der Waals surface area contributed by atoms with Crippen LogP contribution in [0.1, 0.15) is 11.4 Å². The monoisotopic (exact) mass is 373 g/mol. The zero-order valence-corrected chi connectivity index (χ0v) is 15.7. The number of nitrogens with zero attached hydrogens (tertiary/aromatic N) is 2. The molecule has 3 aromatic rings. The molecule has 1 aromatic heterocycles. The van der Waals surface area contributed by atoms with E-state index in [1.165, 1.54) is 5.56 Å². The highest BCUT2D eigenvalue weighted by Crippen LogP contribution is 2.29. The van der Waals surface area contributed by atoms with Gasteiger partial charge in [0.05, 0.1) is 25.7 Å². The number of ether oxygens (including phenoxy) is 2. The molecule has 130 valence electrons. The largest absolute Gasteiger partial charge is 0.497 e. The highest BCUT2D eigenvalue weighted by Gasteiger charge is 2.14. The van der Waals surface area contributed by atoms with Crippen LogP contribution in [0, 0.1) is 4.77 Å². The molecule has 2 aromatic carbocycles. The molecule has 0 saturated carbocycles. The zero-order valence-electron chi connectivity index (χ0n) is 14.1. The Balaban J connectivity index is 1.83. The predicted molar refractivity (Wildman–Crippen MR) is 103 cm³/mol. The van der Waals surface area contributed by atoms with Crippen LogP contribution in [0.25, 0.3) is 5.69 Å². The lowest BCUT2D eigenvalue weighted by Gasteiger charge is -2.12. The summed E-state index contributed by atoms with van der Waals surface area (Å²) in [6, 6.07) is 16.0. The van der Waals surface area contributed by atoms with Crippen LogP contribution < -0.4 is 9.47 Å². The van der Waals surface area contributed by atoms with Crippen molar-refractivity contribution < 1.29 is 9.47 Å². The van der Waals surface area contributed by atoms with Gasteiger partial charge in [-0.2, -0.15) is 5.10 Å². The first kappa shape index (κ1) is 17.6. The number of aromatic amines is 1. The van der Waals surface area contributed by atoms with Crippen molar-refractivity contribution in [2.45, 2.75) is 11.5 Å². The van der Waals surface area contributed by atoms with Crippen molar-refractivity contribution in [3.8, 4) is 17.2 Å². The van der Waals surface area contributed by atoms with E-state index in [0.29, 0.717) is 10.5 Å². The van der Waals surface area contributed by atoms with Crippen molar-refractivity contribution >= 4 is 24.0 Å². The van der Waals surface area contributed by atoms with Gasteiger partial charge in [-0.3, -0.25) is 9.67 Å². The number of rotatable bonds is 7. The Hall–Kier alpha value is -2.25. The highest BCUT2D eigenvalue weighted by atomic mass is 32.2. The molecule has 1 heterocycles. The van der Waals surface area contributed by atoms with Gasteiger partial charge >= 0.3 is 0 Å². The lowest BCUT2D eigenvalue weighted by Crippen LogP contribution is -2.03. The molecule has 0 radical (unpaired) electrons. The molecule has 7 heteroatoms. The molecule has 0 aliphatic carbocycles. The van der Waals surface area contributed by atoms with Crippen molar-refractivity contribution in [1.82, 2.24) is 14.8 Å². The van der Waals surface area contributed by atoms with E-state index in [4.69, 9.17) is 21.7 Å². The van der Waals surface area contributed by atoms with Crippen molar-refractivity contribution in [3.63, 3.8) is 0 Å². The van der Waals surface area contributed by atoms with Crippen LogP contribution in [-0.2, 0) is 11.5 Å². The van der Waals surface area contributed by atoms with Crippen LogP contribution >= 0.6 is 24.0 Å². The zero-order chi connectivity index (χ0) is 17.6. The number of aromatic nitrogens is 3. The van der Waals surface area contributed by atoms with E-state index in [-0.39, 0.29) is 0 Å². The van der Waals surface area contributed by atoms with E-state index >= 15 is 0 Å². The second-order valence-corrected chi connectivity index (χ2v) is 6.67. The predicted octanol–water partition coefficient (Wildman–Crippen LogP) is 4.38. The summed E-state index contributed by atoms with van der Waals surface area (Å²) in [7, 11) is 3.26. The molecule has 0 aliphatic heterocycles. The fourth-order valence-corrected chi connectivity index (χ4v) is 3.63. The molecule has 0 spiro atoms. The summed E-state index contributed by atoms with van der Waals surface area (Å²) in [5, 5.41) is 7.26. The third-order valence-corrected chi connectivity index (χ3v) is 4.99. The van der Waals surface area contributed by atoms with Crippen LogP contribution in [0.3, 0.4) is 0 Å². The number of hydrogen-bond acceptors (Lipinski definition) is 5. The smallest absolute Gasteiger partial charge is 0.200 e. The molecule has 1 N–H and O–H groups in total. The summed E-state index contributed by atoms with van der Waals surface area (Å²) in [5.74, 6) is 3.92. The number of H-pyrrole nitrogens is 1. The van der Waals surface area contributed by atoms with E-state index in [1.54, 1.807) is 26.0 Å². The average Bonchev–Trinajstić information content (AvgIpc) is 3.02. The molecule has 0 amide bonds. The van der Waals surface area contributed by atoms with Crippen molar-refractivity contribution in [3.05, 3.63) is 64.7 Å². The first-order valence-corrected chi connectivity index (χ1v) is 9.29. The number of thioether (sulfide) groups is 1. The lowest BCUT2D eigenvalue weighted by atomic mass is 10.2. The van der Waals surface area contributed by atoms with Gasteiger partial charge in [0.2, 0.25) is 0 Å². The Morgan fingerprint density at radius 2 is 1.88 bits per heavy atom. The molecule has 5 nitrogen and oxygen atoms in total. The van der Waals surface area contributed by atoms with Gasteiger partial charge in [0.1, 0.15) is 17.3 Å². The van der Waals surface area contributed by atoms with Crippen molar-refractivity contribution in [1.29, 1.82) is 0 Å². The number of hydrogen-bond donors (Lipinski definition) is 1. The standard InChI is InChI=1S/C18H19N3O2S2/c1-22-14-8-9-15(16(10-14)23-2)21-17(19-20-18(21)24)12-25-11-13-6-4-3-5-7-13/h3-10H,11-12H2,1-2H3,(H,20,24). The first-order chi connectivity index (χ1) is 12.2. The van der Waals surface area contributed by atoms with Crippen LogP contribution in [-0.4, -0.2) is 29.0 Å². The highest BCUT2D eigenvalue weighted by molar-refractivity contribution is 7.97. The molecule has 0 saturated heterocycles. The van der Waals surface area contributed by atoms with Gasteiger partial charge in [-0.05, 0) is 29.9 Å². The van der Waals surface area contributed by atoms with Crippen molar-refractivity contribution in [2.24, 2.45) is 0 Å². The third kappa shape index (κ3) is 4.05. The molecule has 0 unspecified atom stereocenters. The van der Waals surface area contributed by atoms with Crippen LogP contribution in [0.5, 0.6) is 11.5 Å². The Morgan fingerprint density at radius 3 is 2.60 bits per heavy atom. The van der Waals surface area contributed by atoms with Gasteiger partial charge in [-0.1, -0.05) is 30.3 Å². The SMILES string of the molecule is COc1ccc(-n2c(CSCc3ccccc3)n[nH]c2=S)c(OC)c1. The first-order valence-electron chi connectivity index (χ1n) is 7.73. The fraction of sp³-hybridized carbons (Fsp3) is 0.222. The molecule has 0 aliphatic rings. The maximum Gasteiger partial charge on any atom is 0.200 e. The second kappa shape index (κ2) is 8.22. The maximum absolute atomic E-state index is 5.50. The van der Waals surface area contributed by atoms with Gasteiger partial charge in [-0.25, -0.2) is 0 Å². The molecule has 0 fully saturated rings. The molecular weight excluding hydrogens is 354 g/mol. The summed E-state index contributed by atoms with van der Waals surface area (Å²) < 4.78 is 13.2. The van der Waals surface area contributed by atoms with Gasteiger partial charge in [0.25, 0.3) is 0 Å². The summed E-state index contributed by atoms with van der Waals surface area (Å²) in [4.78, 5) is 0. The van der Waals surface area contributed by atoms with Crippen LogP contribution in [0.4, 0.5) is 0 Å². The minimum Gasteiger partial charge on any atom is -0.497 e. The quantitative estimate of drug-likeness (QED) is 0.623. The lowest BCUT2D eigenvalue weighted by molar-refractivity contribution is 0.393. The van der Waals surface area contributed by atoms with E-state index in [9.17, 15) is 0 Å². The minimum atomic E-state index is 0.541. The van der Waals surface area contributed by atoms with Gasteiger partial charge < -0.3 is 9.47 Å². The molecule has 3 rings (SSSR count).